The van der Waals surface area contributed by atoms with Gasteiger partial charge in [-0.05, 0) is 5.56 Å². The summed E-state index contributed by atoms with van der Waals surface area (Å²) in [6, 6.07) is 10.3. The Balaban J connectivity index is 0.00000385. The molecule has 2 fully saturated rings. The van der Waals surface area contributed by atoms with Crippen LogP contribution in [0.5, 0.6) is 0 Å². The van der Waals surface area contributed by atoms with Crippen LogP contribution in [0.3, 0.4) is 0 Å². The first kappa shape index (κ1) is 27.5. The second kappa shape index (κ2) is 12.1. The van der Waals surface area contributed by atoms with Gasteiger partial charge in [-0.1, -0.05) is 30.3 Å². The van der Waals surface area contributed by atoms with Gasteiger partial charge in [-0.3, -0.25) is 0 Å². The summed E-state index contributed by atoms with van der Waals surface area (Å²) in [5, 5.41) is 79.1. The van der Waals surface area contributed by atoms with Gasteiger partial charge in [-0.2, -0.15) is 5.26 Å². The van der Waals surface area contributed by atoms with E-state index in [1.165, 1.54) is 0 Å². The minimum Gasteiger partial charge on any atom is -0.412 e. The van der Waals surface area contributed by atoms with Crippen LogP contribution in [0.25, 0.3) is 0 Å². The van der Waals surface area contributed by atoms with Crippen LogP contribution in [0.4, 0.5) is 0 Å². The van der Waals surface area contributed by atoms with Gasteiger partial charge in [0.25, 0.3) is 0 Å². The molecule has 33 heavy (non-hydrogen) atoms. The first-order chi connectivity index (χ1) is 15.3. The highest BCUT2D eigenvalue weighted by Crippen LogP contribution is 2.28. The number of benzene rings is 1. The molecule has 0 aliphatic carbocycles. The number of hydrogen-bond donors (Lipinski definition) is 7. The molecule has 0 spiro atoms. The van der Waals surface area contributed by atoms with Gasteiger partial charge < -0.3 is 60.2 Å². The second-order valence-corrected chi connectivity index (χ2v) is 7.60. The molecule has 0 radical (unpaired) electrons. The summed E-state index contributed by atoms with van der Waals surface area (Å²) in [7, 11) is 0. The summed E-state index contributed by atoms with van der Waals surface area (Å²) in [6.07, 6.45) is -16.5. The lowest BCUT2D eigenvalue weighted by Crippen LogP contribution is -2.61. The predicted octanol–water partition coefficient (Wildman–Crippen LogP) is -3.93. The number of aliphatic hydroxyl groups is 7. The molecule has 11 unspecified atom stereocenters. The van der Waals surface area contributed by atoms with E-state index in [1.807, 2.05) is 6.07 Å². The third-order valence-electron chi connectivity index (χ3n) is 5.43. The Hall–Kier alpha value is -1.77. The smallest absolute Gasteiger partial charge is 0.188 e. The fourth-order valence-electron chi connectivity index (χ4n) is 3.51. The normalized spacial score (nSPS) is 39.8. The number of ether oxygens (including phenoxy) is 4. The van der Waals surface area contributed by atoms with Gasteiger partial charge in [-0.25, -0.2) is 0 Å². The average Bonchev–Trinajstić information content (AvgIpc) is 2.81. The fourth-order valence-corrected chi connectivity index (χ4v) is 3.51. The molecule has 0 aromatic heterocycles. The van der Waals surface area contributed by atoms with Crippen molar-refractivity contribution in [1.82, 2.24) is 0 Å². The number of hydrogen-bond acceptors (Lipinski definition) is 12. The summed E-state index contributed by atoms with van der Waals surface area (Å²) in [5.41, 5.74) is 0.487. The van der Waals surface area contributed by atoms with Gasteiger partial charge in [0, 0.05) is 0 Å². The Kier molecular flexibility index (Phi) is 10.1. The molecular formula is C20H29NO12. The van der Waals surface area contributed by atoms with Crippen LogP contribution in [0.15, 0.2) is 30.3 Å². The van der Waals surface area contributed by atoms with E-state index < -0.39 is 80.7 Å². The first-order valence-electron chi connectivity index (χ1n) is 10.00. The molecule has 2 aliphatic heterocycles. The summed E-state index contributed by atoms with van der Waals surface area (Å²) in [6.45, 7) is -1.14. The number of nitriles is 1. The van der Waals surface area contributed by atoms with Crippen molar-refractivity contribution < 1.29 is 60.2 Å². The van der Waals surface area contributed by atoms with Crippen LogP contribution in [-0.2, 0) is 18.9 Å². The summed E-state index contributed by atoms with van der Waals surface area (Å²) < 4.78 is 21.6. The highest BCUT2D eigenvalue weighted by molar-refractivity contribution is 5.22. The molecule has 186 valence electrons. The van der Waals surface area contributed by atoms with Crippen LogP contribution in [0.1, 0.15) is 11.7 Å². The second-order valence-electron chi connectivity index (χ2n) is 7.60. The van der Waals surface area contributed by atoms with Crippen molar-refractivity contribution in [2.24, 2.45) is 0 Å². The van der Waals surface area contributed by atoms with E-state index in [9.17, 15) is 41.0 Å². The zero-order chi connectivity index (χ0) is 23.4. The highest BCUT2D eigenvalue weighted by atomic mass is 16.7. The van der Waals surface area contributed by atoms with Crippen LogP contribution >= 0.6 is 0 Å². The predicted molar refractivity (Wildman–Crippen MR) is 106 cm³/mol. The van der Waals surface area contributed by atoms with E-state index in [-0.39, 0.29) is 5.48 Å². The first-order valence-corrected chi connectivity index (χ1v) is 10.00. The molecule has 0 saturated carbocycles. The van der Waals surface area contributed by atoms with Crippen molar-refractivity contribution in [3.63, 3.8) is 0 Å². The van der Waals surface area contributed by atoms with E-state index in [4.69, 9.17) is 18.9 Å². The molecule has 2 aliphatic rings. The van der Waals surface area contributed by atoms with Crippen LogP contribution < -0.4 is 0 Å². The van der Waals surface area contributed by atoms with Crippen molar-refractivity contribution in [2.75, 3.05) is 13.2 Å². The van der Waals surface area contributed by atoms with Crippen molar-refractivity contribution >= 4 is 0 Å². The molecule has 9 N–H and O–H groups in total. The number of nitrogens with zero attached hydrogens (tertiary/aromatic N) is 1. The SMILES string of the molecule is N#CC(OC1OC(COC2OC(CO)C(O)C(O)C2O)C(O)C(O)C1O)c1ccccc1.O. The maximum atomic E-state index is 10.3. The molecule has 2 saturated heterocycles. The molecule has 3 rings (SSSR count). The molecule has 11 atom stereocenters. The van der Waals surface area contributed by atoms with Gasteiger partial charge in [0.2, 0.25) is 0 Å². The van der Waals surface area contributed by atoms with Crippen molar-refractivity contribution in [2.45, 2.75) is 67.5 Å². The number of rotatable bonds is 7. The summed E-state index contributed by atoms with van der Waals surface area (Å²) in [4.78, 5) is 0. The van der Waals surface area contributed by atoms with Crippen LogP contribution in [0.2, 0.25) is 0 Å². The zero-order valence-electron chi connectivity index (χ0n) is 17.4. The minimum absolute atomic E-state index is 0. The average molecular weight is 475 g/mol. The van der Waals surface area contributed by atoms with E-state index in [1.54, 1.807) is 30.3 Å². The maximum absolute atomic E-state index is 10.3. The molecule has 0 bridgehead atoms. The topological polar surface area (TPSA) is 234 Å². The molecular weight excluding hydrogens is 446 g/mol. The molecule has 1 aromatic carbocycles. The maximum Gasteiger partial charge on any atom is 0.188 e. The lowest BCUT2D eigenvalue weighted by molar-refractivity contribution is -0.334. The number of aliphatic hydroxyl groups excluding tert-OH is 7. The van der Waals surface area contributed by atoms with Crippen molar-refractivity contribution in [1.29, 1.82) is 5.26 Å². The van der Waals surface area contributed by atoms with E-state index >= 15 is 0 Å². The van der Waals surface area contributed by atoms with Crippen molar-refractivity contribution in [3.8, 4) is 6.07 Å². The van der Waals surface area contributed by atoms with Gasteiger partial charge in [0.05, 0.1) is 19.3 Å². The van der Waals surface area contributed by atoms with Gasteiger partial charge in [0.1, 0.15) is 48.8 Å². The summed E-state index contributed by atoms with van der Waals surface area (Å²) in [5.74, 6) is 0. The summed E-state index contributed by atoms with van der Waals surface area (Å²) >= 11 is 0. The molecule has 0 amide bonds. The monoisotopic (exact) mass is 475 g/mol. The zero-order valence-corrected chi connectivity index (χ0v) is 17.4. The van der Waals surface area contributed by atoms with Gasteiger partial charge in [-0.15, -0.1) is 0 Å². The largest absolute Gasteiger partial charge is 0.412 e. The van der Waals surface area contributed by atoms with E-state index in [0.717, 1.165) is 0 Å². The van der Waals surface area contributed by atoms with Gasteiger partial charge in [0.15, 0.2) is 18.7 Å². The lowest BCUT2D eigenvalue weighted by atomic mass is 9.98. The Morgan fingerprint density at radius 1 is 0.818 bits per heavy atom. The standard InChI is InChI=1S/C20H27NO11.H2O/c21-6-10(9-4-2-1-3-5-9)30-20-18(28)16(26)14(24)12(32-20)8-29-19-17(27)15(25)13(23)11(7-22)31-19;/h1-5,10-20,22-28H,7-8H2;1H2. The van der Waals surface area contributed by atoms with Gasteiger partial charge >= 0.3 is 0 Å². The minimum atomic E-state index is -1.70. The van der Waals surface area contributed by atoms with Crippen LogP contribution in [-0.4, -0.2) is 116 Å². The molecule has 13 heteroatoms. The Labute approximate surface area is 188 Å². The van der Waals surface area contributed by atoms with E-state index in [2.05, 4.69) is 0 Å². The van der Waals surface area contributed by atoms with Crippen LogP contribution in [0, 0.1) is 11.3 Å². The van der Waals surface area contributed by atoms with Crippen molar-refractivity contribution in [3.05, 3.63) is 35.9 Å². The fraction of sp³-hybridized carbons (Fsp3) is 0.650. The highest BCUT2D eigenvalue weighted by Gasteiger charge is 2.48. The third kappa shape index (κ3) is 6.03. The molecule has 13 nitrogen and oxygen atoms in total. The Morgan fingerprint density at radius 2 is 1.36 bits per heavy atom. The molecule has 1 aromatic rings. The Morgan fingerprint density at radius 3 is 1.94 bits per heavy atom. The third-order valence-corrected chi connectivity index (χ3v) is 5.43. The molecule has 2 heterocycles. The Bertz CT molecular complexity index is 761. The lowest BCUT2D eigenvalue weighted by Gasteiger charge is -2.43. The van der Waals surface area contributed by atoms with E-state index in [0.29, 0.717) is 5.56 Å². The quantitative estimate of drug-likeness (QED) is 0.200.